The fourth-order valence-electron chi connectivity index (χ4n) is 3.87. The van der Waals surface area contributed by atoms with E-state index in [1.165, 1.54) is 0 Å². The first-order valence-corrected chi connectivity index (χ1v) is 9.62. The van der Waals surface area contributed by atoms with E-state index in [1.54, 1.807) is 36.6 Å². The highest BCUT2D eigenvalue weighted by atomic mass is 16.5. The van der Waals surface area contributed by atoms with E-state index in [0.717, 1.165) is 18.4 Å². The number of aromatic nitrogens is 5. The lowest BCUT2D eigenvalue weighted by Gasteiger charge is -2.40. The van der Waals surface area contributed by atoms with Crippen molar-refractivity contribution in [3.05, 3.63) is 48.6 Å². The van der Waals surface area contributed by atoms with Crippen LogP contribution in [0.5, 0.6) is 0 Å². The maximum absolute atomic E-state index is 13.1. The molecular weight excluding hydrogens is 372 g/mol. The van der Waals surface area contributed by atoms with E-state index in [9.17, 15) is 4.79 Å². The smallest absolute Gasteiger partial charge is 0.272 e. The number of hydrogen-bond acceptors (Lipinski definition) is 7. The van der Waals surface area contributed by atoms with E-state index in [1.807, 2.05) is 24.1 Å². The average molecular weight is 396 g/mol. The summed E-state index contributed by atoms with van der Waals surface area (Å²) >= 11 is 0. The van der Waals surface area contributed by atoms with Gasteiger partial charge in [-0.25, -0.2) is 4.98 Å². The van der Waals surface area contributed by atoms with Crippen molar-refractivity contribution >= 4 is 5.91 Å². The Morgan fingerprint density at radius 1 is 1.34 bits per heavy atom. The second kappa shape index (κ2) is 8.12. The minimum absolute atomic E-state index is 0.0394. The minimum atomic E-state index is -0.424. The third kappa shape index (κ3) is 3.77. The molecule has 1 amide bonds. The summed E-state index contributed by atoms with van der Waals surface area (Å²) in [5.41, 5.74) is 0.912. The zero-order valence-corrected chi connectivity index (χ0v) is 16.6. The monoisotopic (exact) mass is 396 g/mol. The number of pyridine rings is 1. The van der Waals surface area contributed by atoms with Gasteiger partial charge in [-0.3, -0.25) is 9.78 Å². The fraction of sp³-hybridized carbons (Fsp3) is 0.450. The first-order chi connectivity index (χ1) is 14.1. The normalized spacial score (nSPS) is 19.4. The molecule has 0 spiro atoms. The van der Waals surface area contributed by atoms with Gasteiger partial charge in [-0.15, -0.1) is 0 Å². The molecule has 1 unspecified atom stereocenters. The molecule has 0 bridgehead atoms. The summed E-state index contributed by atoms with van der Waals surface area (Å²) in [7, 11) is 3.49. The van der Waals surface area contributed by atoms with Crippen LogP contribution in [0.3, 0.4) is 0 Å². The van der Waals surface area contributed by atoms with Gasteiger partial charge in [0, 0.05) is 46.2 Å². The molecule has 1 aliphatic rings. The summed E-state index contributed by atoms with van der Waals surface area (Å²) in [6.45, 7) is 1.74. The number of methoxy groups -OCH3 is 1. The first kappa shape index (κ1) is 19.3. The third-order valence-corrected chi connectivity index (χ3v) is 5.49. The number of amides is 1. The van der Waals surface area contributed by atoms with E-state index < -0.39 is 5.41 Å². The highest BCUT2D eigenvalue weighted by Crippen LogP contribution is 2.37. The molecule has 1 fully saturated rings. The second-order valence-electron chi connectivity index (χ2n) is 7.41. The van der Waals surface area contributed by atoms with Gasteiger partial charge in [0.1, 0.15) is 5.69 Å². The molecule has 9 nitrogen and oxygen atoms in total. The second-order valence-corrected chi connectivity index (χ2v) is 7.41. The largest absolute Gasteiger partial charge is 0.385 e. The number of carbonyl (C=O) groups excluding carboxylic acids is 1. The topological polar surface area (TPSA) is 99.2 Å². The van der Waals surface area contributed by atoms with Gasteiger partial charge in [-0.1, -0.05) is 5.16 Å². The summed E-state index contributed by atoms with van der Waals surface area (Å²) in [5.74, 6) is 0.998. The van der Waals surface area contributed by atoms with Crippen molar-refractivity contribution in [2.75, 3.05) is 26.8 Å². The van der Waals surface area contributed by atoms with Crippen LogP contribution in [0.4, 0.5) is 0 Å². The summed E-state index contributed by atoms with van der Waals surface area (Å²) in [5, 5.41) is 4.29. The number of hydrogen-bond donors (Lipinski definition) is 0. The Labute approximate surface area is 168 Å². The van der Waals surface area contributed by atoms with Crippen LogP contribution >= 0.6 is 0 Å². The molecule has 9 heteroatoms. The standard InChI is InChI=1S/C20H24N6O3/c1-25-14-22-12-16(25)18(27)26-9-4-6-20(13-26,7-10-28-2)19-23-17(29-24-19)15-5-3-8-21-11-15/h3,5,8,11-12,14H,4,6-7,9-10,13H2,1-2H3. The summed E-state index contributed by atoms with van der Waals surface area (Å²) in [6.07, 6.45) is 9.03. The maximum atomic E-state index is 13.1. The fourth-order valence-corrected chi connectivity index (χ4v) is 3.87. The minimum Gasteiger partial charge on any atom is -0.385 e. The van der Waals surface area contributed by atoms with Gasteiger partial charge in [0.05, 0.1) is 23.5 Å². The van der Waals surface area contributed by atoms with Gasteiger partial charge in [0.25, 0.3) is 11.8 Å². The number of aryl methyl sites for hydroxylation is 1. The molecule has 0 saturated carbocycles. The van der Waals surface area contributed by atoms with Crippen molar-refractivity contribution in [1.29, 1.82) is 0 Å². The Morgan fingerprint density at radius 3 is 2.97 bits per heavy atom. The van der Waals surface area contributed by atoms with Crippen LogP contribution in [0.15, 0.2) is 41.6 Å². The number of rotatable bonds is 6. The Hall–Kier alpha value is -3.07. The molecule has 4 rings (SSSR count). The zero-order valence-electron chi connectivity index (χ0n) is 16.6. The van der Waals surface area contributed by atoms with Crippen molar-refractivity contribution in [1.82, 2.24) is 29.6 Å². The number of imidazole rings is 1. The van der Waals surface area contributed by atoms with Gasteiger partial charge in [0.15, 0.2) is 5.82 Å². The Kier molecular flexibility index (Phi) is 5.39. The quantitative estimate of drug-likeness (QED) is 0.629. The van der Waals surface area contributed by atoms with Gasteiger partial charge >= 0.3 is 0 Å². The molecule has 0 aromatic carbocycles. The van der Waals surface area contributed by atoms with Gasteiger partial charge in [-0.2, -0.15) is 4.98 Å². The highest BCUT2D eigenvalue weighted by molar-refractivity contribution is 5.92. The van der Waals surface area contributed by atoms with Crippen LogP contribution in [0.25, 0.3) is 11.5 Å². The van der Waals surface area contributed by atoms with E-state index in [2.05, 4.69) is 20.1 Å². The Bertz CT molecular complexity index is 970. The predicted molar refractivity (Wildman–Crippen MR) is 104 cm³/mol. The number of likely N-dealkylation sites (tertiary alicyclic amines) is 1. The lowest BCUT2D eigenvalue weighted by atomic mass is 9.76. The lowest BCUT2D eigenvalue weighted by molar-refractivity contribution is 0.0558. The van der Waals surface area contributed by atoms with Crippen LogP contribution in [-0.4, -0.2) is 62.3 Å². The molecule has 3 aromatic rings. The molecule has 1 atom stereocenters. The van der Waals surface area contributed by atoms with Crippen LogP contribution in [0.1, 0.15) is 35.6 Å². The first-order valence-electron chi connectivity index (χ1n) is 9.62. The van der Waals surface area contributed by atoms with Crippen LogP contribution < -0.4 is 0 Å². The van der Waals surface area contributed by atoms with Crippen LogP contribution in [-0.2, 0) is 17.2 Å². The molecule has 0 radical (unpaired) electrons. The van der Waals surface area contributed by atoms with Crippen molar-refractivity contribution < 1.29 is 14.1 Å². The molecule has 29 heavy (non-hydrogen) atoms. The molecular formula is C20H24N6O3. The van der Waals surface area contributed by atoms with E-state index >= 15 is 0 Å². The van der Waals surface area contributed by atoms with E-state index in [4.69, 9.17) is 9.26 Å². The molecule has 1 aliphatic heterocycles. The maximum Gasteiger partial charge on any atom is 0.272 e. The van der Waals surface area contributed by atoms with Gasteiger partial charge in [-0.05, 0) is 31.4 Å². The van der Waals surface area contributed by atoms with Crippen molar-refractivity contribution in [2.45, 2.75) is 24.7 Å². The molecule has 0 N–H and O–H groups in total. The molecule has 4 heterocycles. The Balaban J connectivity index is 1.64. The highest BCUT2D eigenvalue weighted by Gasteiger charge is 2.42. The number of piperidine rings is 1. The SMILES string of the molecule is COCCC1(c2noc(-c3cccnc3)n2)CCCN(C(=O)c2cncn2C)C1. The van der Waals surface area contributed by atoms with Crippen molar-refractivity contribution in [3.8, 4) is 11.5 Å². The van der Waals surface area contributed by atoms with Crippen molar-refractivity contribution in [3.63, 3.8) is 0 Å². The molecule has 1 saturated heterocycles. The molecule has 0 aliphatic carbocycles. The van der Waals surface area contributed by atoms with E-state index in [0.29, 0.717) is 43.5 Å². The average Bonchev–Trinajstić information content (AvgIpc) is 3.42. The molecule has 152 valence electrons. The lowest BCUT2D eigenvalue weighted by Crippen LogP contribution is -2.50. The summed E-state index contributed by atoms with van der Waals surface area (Å²) in [6, 6.07) is 3.71. The zero-order chi connectivity index (χ0) is 20.3. The van der Waals surface area contributed by atoms with Crippen LogP contribution in [0.2, 0.25) is 0 Å². The predicted octanol–water partition coefficient (Wildman–Crippen LogP) is 2.08. The number of nitrogens with zero attached hydrogens (tertiary/aromatic N) is 6. The summed E-state index contributed by atoms with van der Waals surface area (Å²) < 4.78 is 12.6. The van der Waals surface area contributed by atoms with Crippen LogP contribution in [0, 0.1) is 0 Å². The van der Waals surface area contributed by atoms with E-state index in [-0.39, 0.29) is 5.91 Å². The molecule has 3 aromatic heterocycles. The Morgan fingerprint density at radius 2 is 2.24 bits per heavy atom. The van der Waals surface area contributed by atoms with Gasteiger partial charge in [0.2, 0.25) is 0 Å². The third-order valence-electron chi connectivity index (χ3n) is 5.49. The van der Waals surface area contributed by atoms with Gasteiger partial charge < -0.3 is 18.7 Å². The number of carbonyl (C=O) groups is 1. The summed E-state index contributed by atoms with van der Waals surface area (Å²) in [4.78, 5) is 27.8. The number of ether oxygens (including phenoxy) is 1. The van der Waals surface area contributed by atoms with Crippen molar-refractivity contribution in [2.24, 2.45) is 7.05 Å².